The predicted octanol–water partition coefficient (Wildman–Crippen LogP) is 4.02. The number of aryl methyl sites for hydroxylation is 2. The molecular weight excluding hydrogens is 328 g/mol. The largest absolute Gasteiger partial charge is 0.441 e. The van der Waals surface area contributed by atoms with Crippen molar-refractivity contribution in [3.63, 3.8) is 0 Å². The van der Waals surface area contributed by atoms with E-state index in [-0.39, 0.29) is 11.5 Å². The number of benzene rings is 1. The molecule has 1 aromatic carbocycles. The quantitative estimate of drug-likeness (QED) is 0.835. The average Bonchev–Trinajstić information content (AvgIpc) is 3.20. The Labute approximate surface area is 154 Å². The van der Waals surface area contributed by atoms with Gasteiger partial charge in [-0.25, -0.2) is 4.98 Å². The number of amides is 1. The van der Waals surface area contributed by atoms with Crippen LogP contribution < -0.4 is 0 Å². The second-order valence-corrected chi connectivity index (χ2v) is 7.59. The standard InChI is InChI=1S/C21H26N2O3/c1-15-5-3-6-17(13-15)20-22-18(16(2)26-20)14-23-11-10-21(8-4-12-25-21)9-7-19(23)24/h3,5-6,13H,4,7-12,14H2,1-2H3/t21-/m1/s1. The third-order valence-electron chi connectivity index (χ3n) is 5.67. The summed E-state index contributed by atoms with van der Waals surface area (Å²) in [6.45, 7) is 6.04. The summed E-state index contributed by atoms with van der Waals surface area (Å²) in [6.07, 6.45) is 4.50. The molecule has 26 heavy (non-hydrogen) atoms. The second-order valence-electron chi connectivity index (χ2n) is 7.59. The molecular formula is C21H26N2O3. The molecule has 1 aromatic heterocycles. The van der Waals surface area contributed by atoms with Gasteiger partial charge in [0, 0.05) is 25.1 Å². The number of carbonyl (C=O) groups excluding carboxylic acids is 1. The molecule has 0 radical (unpaired) electrons. The molecule has 4 rings (SSSR count). The summed E-state index contributed by atoms with van der Waals surface area (Å²) < 4.78 is 11.9. The number of ether oxygens (including phenoxy) is 1. The number of aromatic nitrogens is 1. The van der Waals surface area contributed by atoms with Gasteiger partial charge < -0.3 is 14.1 Å². The molecule has 1 amide bonds. The molecule has 5 heteroatoms. The Kier molecular flexibility index (Phi) is 4.57. The molecule has 2 aromatic rings. The van der Waals surface area contributed by atoms with E-state index in [9.17, 15) is 4.79 Å². The fraction of sp³-hybridized carbons (Fsp3) is 0.524. The second kappa shape index (κ2) is 6.88. The summed E-state index contributed by atoms with van der Waals surface area (Å²) in [4.78, 5) is 19.2. The first-order chi connectivity index (χ1) is 12.5. The maximum atomic E-state index is 12.6. The Morgan fingerprint density at radius 3 is 2.88 bits per heavy atom. The number of hydrogen-bond donors (Lipinski definition) is 0. The third kappa shape index (κ3) is 3.40. The average molecular weight is 354 g/mol. The van der Waals surface area contributed by atoms with Crippen molar-refractivity contribution in [2.45, 2.75) is 58.1 Å². The highest BCUT2D eigenvalue weighted by Gasteiger charge is 2.38. The van der Waals surface area contributed by atoms with E-state index >= 15 is 0 Å². The minimum Gasteiger partial charge on any atom is -0.441 e. The fourth-order valence-corrected chi connectivity index (χ4v) is 4.06. The van der Waals surface area contributed by atoms with Crippen molar-refractivity contribution in [3.05, 3.63) is 41.3 Å². The van der Waals surface area contributed by atoms with Gasteiger partial charge >= 0.3 is 0 Å². The van der Waals surface area contributed by atoms with Gasteiger partial charge in [-0.05, 0) is 51.7 Å². The smallest absolute Gasteiger partial charge is 0.226 e. The fourth-order valence-electron chi connectivity index (χ4n) is 4.06. The summed E-state index contributed by atoms with van der Waals surface area (Å²) >= 11 is 0. The number of oxazole rings is 1. The first-order valence-electron chi connectivity index (χ1n) is 9.50. The van der Waals surface area contributed by atoms with E-state index in [2.05, 4.69) is 24.0 Å². The van der Waals surface area contributed by atoms with Crippen LogP contribution in [-0.4, -0.2) is 34.5 Å². The monoisotopic (exact) mass is 354 g/mol. The lowest BCUT2D eigenvalue weighted by atomic mass is 9.92. The van der Waals surface area contributed by atoms with E-state index in [0.717, 1.165) is 55.9 Å². The minimum absolute atomic E-state index is 0.0734. The maximum absolute atomic E-state index is 12.6. The van der Waals surface area contributed by atoms with Crippen LogP contribution in [0.2, 0.25) is 0 Å². The molecule has 0 saturated carbocycles. The van der Waals surface area contributed by atoms with E-state index < -0.39 is 0 Å². The van der Waals surface area contributed by atoms with Crippen molar-refractivity contribution in [1.82, 2.24) is 9.88 Å². The zero-order valence-corrected chi connectivity index (χ0v) is 15.6. The lowest BCUT2D eigenvalue weighted by Gasteiger charge is -2.26. The zero-order chi connectivity index (χ0) is 18.1. The summed E-state index contributed by atoms with van der Waals surface area (Å²) in [5, 5.41) is 0. The lowest BCUT2D eigenvalue weighted by Crippen LogP contribution is -2.32. The Balaban J connectivity index is 1.51. The molecule has 2 aliphatic heterocycles. The first-order valence-corrected chi connectivity index (χ1v) is 9.50. The summed E-state index contributed by atoms with van der Waals surface area (Å²) in [6, 6.07) is 8.12. The summed E-state index contributed by atoms with van der Waals surface area (Å²) in [5.41, 5.74) is 2.91. The van der Waals surface area contributed by atoms with Crippen molar-refractivity contribution in [1.29, 1.82) is 0 Å². The van der Waals surface area contributed by atoms with Crippen LogP contribution in [0.15, 0.2) is 28.7 Å². The highest BCUT2D eigenvalue weighted by atomic mass is 16.5. The SMILES string of the molecule is Cc1cccc(-c2nc(CN3CC[C@@]4(CCCO4)CCC3=O)c(C)o2)c1. The normalized spacial score (nSPS) is 23.6. The molecule has 2 fully saturated rings. The van der Waals surface area contributed by atoms with Crippen LogP contribution >= 0.6 is 0 Å². The molecule has 0 unspecified atom stereocenters. The molecule has 2 aliphatic rings. The van der Waals surface area contributed by atoms with Gasteiger partial charge in [-0.3, -0.25) is 4.79 Å². The van der Waals surface area contributed by atoms with Crippen LogP contribution in [0.4, 0.5) is 0 Å². The van der Waals surface area contributed by atoms with Crippen LogP contribution in [0.1, 0.15) is 49.1 Å². The molecule has 3 heterocycles. The van der Waals surface area contributed by atoms with Crippen molar-refractivity contribution >= 4 is 5.91 Å². The van der Waals surface area contributed by atoms with Crippen molar-refractivity contribution in [2.75, 3.05) is 13.2 Å². The lowest BCUT2D eigenvalue weighted by molar-refractivity contribution is -0.131. The molecule has 0 aliphatic carbocycles. The number of nitrogens with zero attached hydrogens (tertiary/aromatic N) is 2. The van der Waals surface area contributed by atoms with Crippen molar-refractivity contribution < 1.29 is 13.9 Å². The number of rotatable bonds is 3. The molecule has 1 spiro atoms. The Hall–Kier alpha value is -2.14. The topological polar surface area (TPSA) is 55.6 Å². The van der Waals surface area contributed by atoms with E-state index in [0.29, 0.717) is 18.9 Å². The highest BCUT2D eigenvalue weighted by Crippen LogP contribution is 2.36. The van der Waals surface area contributed by atoms with Crippen molar-refractivity contribution in [3.8, 4) is 11.5 Å². The molecule has 138 valence electrons. The molecule has 2 saturated heterocycles. The maximum Gasteiger partial charge on any atom is 0.226 e. The predicted molar refractivity (Wildman–Crippen MR) is 98.6 cm³/mol. The molecule has 0 N–H and O–H groups in total. The van der Waals surface area contributed by atoms with E-state index in [1.165, 1.54) is 5.56 Å². The van der Waals surface area contributed by atoms with Gasteiger partial charge in [-0.2, -0.15) is 0 Å². The number of hydrogen-bond acceptors (Lipinski definition) is 4. The van der Waals surface area contributed by atoms with Gasteiger partial charge in [0.15, 0.2) is 0 Å². The minimum atomic E-state index is -0.0734. The zero-order valence-electron chi connectivity index (χ0n) is 15.6. The van der Waals surface area contributed by atoms with Gasteiger partial charge in [0.05, 0.1) is 12.1 Å². The molecule has 1 atom stereocenters. The Bertz CT molecular complexity index is 805. The van der Waals surface area contributed by atoms with Gasteiger partial charge in [0.1, 0.15) is 11.5 Å². The Morgan fingerprint density at radius 2 is 2.12 bits per heavy atom. The highest BCUT2D eigenvalue weighted by molar-refractivity contribution is 5.76. The van der Waals surface area contributed by atoms with Gasteiger partial charge in [0.25, 0.3) is 0 Å². The van der Waals surface area contributed by atoms with Gasteiger partial charge in [0.2, 0.25) is 11.8 Å². The van der Waals surface area contributed by atoms with Crippen LogP contribution in [0, 0.1) is 13.8 Å². The summed E-state index contributed by atoms with van der Waals surface area (Å²) in [7, 11) is 0. The van der Waals surface area contributed by atoms with Crippen molar-refractivity contribution in [2.24, 2.45) is 0 Å². The molecule has 5 nitrogen and oxygen atoms in total. The Morgan fingerprint density at radius 1 is 1.23 bits per heavy atom. The third-order valence-corrected chi connectivity index (χ3v) is 5.67. The van der Waals surface area contributed by atoms with E-state index in [1.807, 2.05) is 24.0 Å². The van der Waals surface area contributed by atoms with Crippen LogP contribution in [0.5, 0.6) is 0 Å². The number of likely N-dealkylation sites (tertiary alicyclic amines) is 1. The van der Waals surface area contributed by atoms with Crippen LogP contribution in [0.25, 0.3) is 11.5 Å². The van der Waals surface area contributed by atoms with Gasteiger partial charge in [-0.1, -0.05) is 17.7 Å². The van der Waals surface area contributed by atoms with E-state index in [4.69, 9.17) is 9.15 Å². The van der Waals surface area contributed by atoms with E-state index in [1.54, 1.807) is 0 Å². The molecule has 0 bridgehead atoms. The van der Waals surface area contributed by atoms with Gasteiger partial charge in [-0.15, -0.1) is 0 Å². The first kappa shape index (κ1) is 17.3. The summed E-state index contributed by atoms with van der Waals surface area (Å²) in [5.74, 6) is 1.60. The van der Waals surface area contributed by atoms with Crippen LogP contribution in [-0.2, 0) is 16.1 Å². The number of carbonyl (C=O) groups is 1. The van der Waals surface area contributed by atoms with Crippen LogP contribution in [0.3, 0.4) is 0 Å².